The highest BCUT2D eigenvalue weighted by molar-refractivity contribution is 5.83. The number of hydrogen-bond acceptors (Lipinski definition) is 4. The van der Waals surface area contributed by atoms with Crippen molar-refractivity contribution >= 4 is 17.6 Å². The average Bonchev–Trinajstić information content (AvgIpc) is 2.68. The molecule has 1 unspecified atom stereocenters. The summed E-state index contributed by atoms with van der Waals surface area (Å²) in [4.78, 5) is 35.9. The Labute approximate surface area is 170 Å². The lowest BCUT2D eigenvalue weighted by Gasteiger charge is -2.29. The van der Waals surface area contributed by atoms with Crippen molar-refractivity contribution in [2.24, 2.45) is 17.8 Å². The zero-order chi connectivity index (χ0) is 20.9. The second-order valence-electron chi connectivity index (χ2n) is 8.47. The normalized spacial score (nSPS) is 20.6. The van der Waals surface area contributed by atoms with Gasteiger partial charge in [0.25, 0.3) is 0 Å². The molecule has 2 N–H and O–H groups in total. The van der Waals surface area contributed by atoms with E-state index in [1.165, 1.54) is 0 Å². The van der Waals surface area contributed by atoms with Gasteiger partial charge < -0.3 is 15.4 Å². The van der Waals surface area contributed by atoms with E-state index in [2.05, 4.69) is 31.4 Å². The van der Waals surface area contributed by atoms with E-state index in [1.54, 1.807) is 0 Å². The van der Waals surface area contributed by atoms with Gasteiger partial charge in [0.1, 0.15) is 5.78 Å². The van der Waals surface area contributed by atoms with Gasteiger partial charge in [-0.25, -0.2) is 0 Å². The molecule has 0 bridgehead atoms. The van der Waals surface area contributed by atoms with Gasteiger partial charge in [-0.2, -0.15) is 0 Å². The number of carbonyl (C=O) groups excluding carboxylic acids is 3. The van der Waals surface area contributed by atoms with Gasteiger partial charge in [-0.15, -0.1) is 0 Å². The van der Waals surface area contributed by atoms with Crippen molar-refractivity contribution in [1.29, 1.82) is 0 Å². The fourth-order valence-electron chi connectivity index (χ4n) is 3.46. The number of ether oxygens (including phenoxy) is 1. The van der Waals surface area contributed by atoms with Crippen molar-refractivity contribution in [3.8, 4) is 0 Å². The third-order valence-corrected chi connectivity index (χ3v) is 5.58. The Hall–Kier alpha value is -1.43. The van der Waals surface area contributed by atoms with Crippen LogP contribution in [0.25, 0.3) is 0 Å². The van der Waals surface area contributed by atoms with Crippen molar-refractivity contribution in [3.05, 3.63) is 0 Å². The molecule has 0 saturated heterocycles. The van der Waals surface area contributed by atoms with Crippen LogP contribution < -0.4 is 10.6 Å². The lowest BCUT2D eigenvalue weighted by atomic mass is 9.79. The number of rotatable bonds is 13. The molecule has 1 atom stereocenters. The van der Waals surface area contributed by atoms with Crippen LogP contribution in [-0.2, 0) is 19.1 Å². The molecule has 0 aliphatic heterocycles. The van der Waals surface area contributed by atoms with E-state index in [1.807, 2.05) is 6.92 Å². The first-order chi connectivity index (χ1) is 13.3. The number of hydrogen-bond donors (Lipinski definition) is 2. The highest BCUT2D eigenvalue weighted by Crippen LogP contribution is 2.28. The maximum absolute atomic E-state index is 12.3. The Bertz CT molecular complexity index is 485. The first-order valence-electron chi connectivity index (χ1n) is 11.0. The summed E-state index contributed by atoms with van der Waals surface area (Å²) in [6, 6.07) is 0.175. The summed E-state index contributed by atoms with van der Waals surface area (Å²) in [6.07, 6.45) is 6.17. The molecule has 28 heavy (non-hydrogen) atoms. The second-order valence-corrected chi connectivity index (χ2v) is 8.47. The topological polar surface area (TPSA) is 84.5 Å². The summed E-state index contributed by atoms with van der Waals surface area (Å²) in [5.74, 6) is 1.28. The minimum Gasteiger partial charge on any atom is -0.379 e. The number of Topliss-reactive ketones (excluding diaryl/α,β-unsaturated/α-hetero) is 1. The molecule has 1 fully saturated rings. The lowest BCUT2D eigenvalue weighted by Crippen LogP contribution is -2.39. The maximum atomic E-state index is 12.3. The fraction of sp³-hybridized carbons (Fsp3) is 0.864. The van der Waals surface area contributed by atoms with E-state index >= 15 is 0 Å². The van der Waals surface area contributed by atoms with E-state index in [-0.39, 0.29) is 29.7 Å². The quantitative estimate of drug-likeness (QED) is 0.468. The van der Waals surface area contributed by atoms with Gasteiger partial charge >= 0.3 is 0 Å². The molecule has 162 valence electrons. The van der Waals surface area contributed by atoms with Gasteiger partial charge in [0.2, 0.25) is 11.8 Å². The number of nitrogens with one attached hydrogen (secondary N) is 2. The van der Waals surface area contributed by atoms with Crippen molar-refractivity contribution < 1.29 is 19.1 Å². The SMILES string of the molecule is CCC(C)C(=O)C1CCC(NC(=O)CCOCCNC(=O)CCC(C)C)CC1. The molecule has 1 rings (SSSR count). The predicted octanol–water partition coefficient (Wildman–Crippen LogP) is 3.24. The van der Waals surface area contributed by atoms with E-state index < -0.39 is 0 Å². The van der Waals surface area contributed by atoms with E-state index in [0.717, 1.165) is 38.5 Å². The number of ketones is 1. The van der Waals surface area contributed by atoms with Gasteiger partial charge in [-0.3, -0.25) is 14.4 Å². The summed E-state index contributed by atoms with van der Waals surface area (Å²) >= 11 is 0. The van der Waals surface area contributed by atoms with Crippen LogP contribution in [0.15, 0.2) is 0 Å². The van der Waals surface area contributed by atoms with E-state index in [0.29, 0.717) is 44.3 Å². The van der Waals surface area contributed by atoms with Gasteiger partial charge in [0, 0.05) is 37.3 Å². The second kappa shape index (κ2) is 13.7. The van der Waals surface area contributed by atoms with Crippen LogP contribution in [0.5, 0.6) is 0 Å². The lowest BCUT2D eigenvalue weighted by molar-refractivity contribution is -0.127. The molecule has 0 aromatic heterocycles. The van der Waals surface area contributed by atoms with Crippen LogP contribution in [0.2, 0.25) is 0 Å². The highest BCUT2D eigenvalue weighted by Gasteiger charge is 2.28. The van der Waals surface area contributed by atoms with Crippen LogP contribution in [-0.4, -0.2) is 43.4 Å². The molecular weight excluding hydrogens is 356 g/mol. The molecule has 0 aromatic rings. The standard InChI is InChI=1S/C22H40N2O4/c1-5-17(4)22(27)18-7-9-19(10-8-18)24-21(26)12-14-28-15-13-23-20(25)11-6-16(2)3/h16-19H,5-15H2,1-4H3,(H,23,25)(H,24,26). The molecule has 1 saturated carbocycles. The van der Waals surface area contributed by atoms with E-state index in [4.69, 9.17) is 4.74 Å². The summed E-state index contributed by atoms with van der Waals surface area (Å²) < 4.78 is 5.44. The molecule has 6 heteroatoms. The number of carbonyl (C=O) groups is 3. The van der Waals surface area contributed by atoms with Gasteiger partial charge in [-0.05, 0) is 44.4 Å². The molecule has 2 amide bonds. The molecular formula is C22H40N2O4. The molecule has 0 heterocycles. The summed E-state index contributed by atoms with van der Waals surface area (Å²) in [5, 5.41) is 5.88. The highest BCUT2D eigenvalue weighted by atomic mass is 16.5. The molecule has 0 aromatic carbocycles. The zero-order valence-electron chi connectivity index (χ0n) is 18.2. The van der Waals surface area contributed by atoms with Crippen LogP contribution in [0.1, 0.15) is 79.1 Å². The minimum absolute atomic E-state index is 0.00216. The molecule has 0 radical (unpaired) electrons. The summed E-state index contributed by atoms with van der Waals surface area (Å²) in [5.41, 5.74) is 0. The van der Waals surface area contributed by atoms with Crippen LogP contribution in [0, 0.1) is 17.8 Å². The Morgan fingerprint density at radius 1 is 0.964 bits per heavy atom. The van der Waals surface area contributed by atoms with E-state index in [9.17, 15) is 14.4 Å². The third kappa shape index (κ3) is 10.2. The largest absolute Gasteiger partial charge is 0.379 e. The van der Waals surface area contributed by atoms with Crippen molar-refractivity contribution in [1.82, 2.24) is 10.6 Å². The molecule has 6 nitrogen and oxygen atoms in total. The van der Waals surface area contributed by atoms with Crippen molar-refractivity contribution in [2.45, 2.75) is 85.1 Å². The predicted molar refractivity (Wildman–Crippen MR) is 111 cm³/mol. The fourth-order valence-corrected chi connectivity index (χ4v) is 3.46. The van der Waals surface area contributed by atoms with Crippen LogP contribution in [0.4, 0.5) is 0 Å². The smallest absolute Gasteiger partial charge is 0.222 e. The zero-order valence-corrected chi connectivity index (χ0v) is 18.2. The first kappa shape index (κ1) is 24.6. The van der Waals surface area contributed by atoms with Crippen LogP contribution >= 0.6 is 0 Å². The molecule has 1 aliphatic carbocycles. The summed E-state index contributed by atoms with van der Waals surface area (Å²) in [7, 11) is 0. The molecule has 0 spiro atoms. The minimum atomic E-state index is -0.00216. The van der Waals surface area contributed by atoms with Gasteiger partial charge in [0.15, 0.2) is 0 Å². The Morgan fingerprint density at radius 3 is 2.25 bits per heavy atom. The van der Waals surface area contributed by atoms with Crippen molar-refractivity contribution in [2.75, 3.05) is 19.8 Å². The maximum Gasteiger partial charge on any atom is 0.222 e. The Balaban J connectivity index is 2.06. The average molecular weight is 397 g/mol. The first-order valence-corrected chi connectivity index (χ1v) is 11.0. The Kier molecular flexibility index (Phi) is 12.0. The summed E-state index contributed by atoms with van der Waals surface area (Å²) in [6.45, 7) is 9.51. The Morgan fingerprint density at radius 2 is 1.64 bits per heavy atom. The van der Waals surface area contributed by atoms with Gasteiger partial charge in [-0.1, -0.05) is 27.7 Å². The number of amides is 2. The van der Waals surface area contributed by atoms with Gasteiger partial charge in [0.05, 0.1) is 13.2 Å². The van der Waals surface area contributed by atoms with Crippen molar-refractivity contribution in [3.63, 3.8) is 0 Å². The monoisotopic (exact) mass is 396 g/mol. The van der Waals surface area contributed by atoms with Crippen LogP contribution in [0.3, 0.4) is 0 Å². The third-order valence-electron chi connectivity index (χ3n) is 5.58. The molecule has 1 aliphatic rings.